The number of nitrogens with zero attached hydrogens (tertiary/aromatic N) is 1. The van der Waals surface area contributed by atoms with Gasteiger partial charge in [0.05, 0.1) is 26.0 Å². The SMILES string of the molecule is CC(C)S(=O)(=O)Nc1cc(Sc2nc3ccccc3s2)c(O)c2ccccc12. The van der Waals surface area contributed by atoms with Gasteiger partial charge in [-0.05, 0) is 32.0 Å². The summed E-state index contributed by atoms with van der Waals surface area (Å²) in [6, 6.07) is 16.7. The monoisotopic (exact) mass is 430 g/mol. The molecule has 1 aromatic heterocycles. The lowest BCUT2D eigenvalue weighted by atomic mass is 10.1. The van der Waals surface area contributed by atoms with E-state index < -0.39 is 15.3 Å². The van der Waals surface area contributed by atoms with Crippen LogP contribution in [0.2, 0.25) is 0 Å². The van der Waals surface area contributed by atoms with Gasteiger partial charge in [0.15, 0.2) is 4.34 Å². The van der Waals surface area contributed by atoms with E-state index in [1.807, 2.05) is 36.4 Å². The van der Waals surface area contributed by atoms with Crippen molar-refractivity contribution in [2.75, 3.05) is 4.72 Å². The van der Waals surface area contributed by atoms with Gasteiger partial charge >= 0.3 is 0 Å². The van der Waals surface area contributed by atoms with Crippen molar-refractivity contribution in [2.45, 2.75) is 28.3 Å². The van der Waals surface area contributed by atoms with E-state index in [2.05, 4.69) is 9.71 Å². The van der Waals surface area contributed by atoms with Crippen LogP contribution in [0.5, 0.6) is 5.75 Å². The Morgan fingerprint density at radius 1 is 1.07 bits per heavy atom. The Balaban J connectivity index is 1.83. The van der Waals surface area contributed by atoms with Crippen molar-refractivity contribution in [3.05, 3.63) is 54.6 Å². The minimum absolute atomic E-state index is 0.118. The minimum atomic E-state index is -3.52. The average Bonchev–Trinajstić information content (AvgIpc) is 3.07. The summed E-state index contributed by atoms with van der Waals surface area (Å²) in [6.07, 6.45) is 0. The Bertz CT molecular complexity index is 1250. The smallest absolute Gasteiger partial charge is 0.235 e. The molecule has 0 amide bonds. The average molecular weight is 431 g/mol. The Morgan fingerprint density at radius 2 is 1.75 bits per heavy atom. The van der Waals surface area contributed by atoms with Gasteiger partial charge in [0.2, 0.25) is 10.0 Å². The molecule has 0 saturated carbocycles. The fourth-order valence-corrected chi connectivity index (χ4v) is 5.59. The highest BCUT2D eigenvalue weighted by Gasteiger charge is 2.20. The highest BCUT2D eigenvalue weighted by atomic mass is 32.2. The highest BCUT2D eigenvalue weighted by molar-refractivity contribution is 8.01. The molecule has 3 aromatic carbocycles. The molecule has 0 aliphatic heterocycles. The first-order chi connectivity index (χ1) is 13.3. The molecule has 4 rings (SSSR count). The predicted octanol–water partition coefficient (Wildman–Crippen LogP) is 5.46. The van der Waals surface area contributed by atoms with Gasteiger partial charge in [-0.15, -0.1) is 11.3 Å². The van der Waals surface area contributed by atoms with E-state index in [1.54, 1.807) is 32.0 Å². The van der Waals surface area contributed by atoms with Crippen LogP contribution in [0.15, 0.2) is 63.8 Å². The molecular formula is C20H18N2O3S3. The molecular weight excluding hydrogens is 412 g/mol. The van der Waals surface area contributed by atoms with Gasteiger partial charge in [-0.1, -0.05) is 48.2 Å². The summed E-state index contributed by atoms with van der Waals surface area (Å²) < 4.78 is 29.4. The quantitative estimate of drug-likeness (QED) is 0.411. The van der Waals surface area contributed by atoms with Gasteiger partial charge in [-0.2, -0.15) is 0 Å². The lowest BCUT2D eigenvalue weighted by Crippen LogP contribution is -2.22. The molecule has 0 aliphatic carbocycles. The van der Waals surface area contributed by atoms with Gasteiger partial charge in [0, 0.05) is 10.8 Å². The number of aromatic hydroxyl groups is 1. The third kappa shape index (κ3) is 3.55. The zero-order valence-electron chi connectivity index (χ0n) is 15.2. The summed E-state index contributed by atoms with van der Waals surface area (Å²) in [5.74, 6) is 0.118. The molecule has 28 heavy (non-hydrogen) atoms. The highest BCUT2D eigenvalue weighted by Crippen LogP contribution is 2.44. The van der Waals surface area contributed by atoms with Crippen molar-refractivity contribution in [2.24, 2.45) is 0 Å². The maximum atomic E-state index is 12.4. The Hall–Kier alpha value is -2.29. The van der Waals surface area contributed by atoms with Crippen LogP contribution >= 0.6 is 23.1 Å². The van der Waals surface area contributed by atoms with Gasteiger partial charge in [-0.3, -0.25) is 4.72 Å². The molecule has 0 spiro atoms. The maximum absolute atomic E-state index is 12.4. The molecule has 2 N–H and O–H groups in total. The summed E-state index contributed by atoms with van der Waals surface area (Å²) in [7, 11) is -3.52. The Morgan fingerprint density at radius 3 is 2.46 bits per heavy atom. The normalized spacial score (nSPS) is 12.1. The predicted molar refractivity (Wildman–Crippen MR) is 117 cm³/mol. The van der Waals surface area contributed by atoms with Crippen LogP contribution in [0.1, 0.15) is 13.8 Å². The number of thiazole rings is 1. The zero-order chi connectivity index (χ0) is 19.9. The van der Waals surface area contributed by atoms with Crippen LogP contribution in [-0.2, 0) is 10.0 Å². The van der Waals surface area contributed by atoms with E-state index in [0.717, 1.165) is 14.6 Å². The van der Waals surface area contributed by atoms with E-state index in [9.17, 15) is 13.5 Å². The summed E-state index contributed by atoms with van der Waals surface area (Å²) in [5.41, 5.74) is 1.35. The minimum Gasteiger partial charge on any atom is -0.506 e. The molecule has 8 heteroatoms. The van der Waals surface area contributed by atoms with Gasteiger partial charge in [0.1, 0.15) is 5.75 Å². The number of anilines is 1. The number of aromatic nitrogens is 1. The molecule has 0 atom stereocenters. The number of fused-ring (bicyclic) bond motifs is 2. The van der Waals surface area contributed by atoms with Gasteiger partial charge < -0.3 is 5.11 Å². The number of hydrogen-bond donors (Lipinski definition) is 2. The molecule has 5 nitrogen and oxygen atoms in total. The number of hydrogen-bond acceptors (Lipinski definition) is 6. The van der Waals surface area contributed by atoms with Crippen molar-refractivity contribution in [3.8, 4) is 5.75 Å². The van der Waals surface area contributed by atoms with Gasteiger partial charge in [0.25, 0.3) is 0 Å². The molecule has 4 aromatic rings. The van der Waals surface area contributed by atoms with Crippen molar-refractivity contribution in [1.82, 2.24) is 4.98 Å². The molecule has 144 valence electrons. The largest absolute Gasteiger partial charge is 0.506 e. The number of phenolic OH excluding ortho intramolecular Hbond substituents is 1. The third-order valence-corrected chi connectivity index (χ3v) is 8.20. The number of nitrogens with one attached hydrogen (secondary N) is 1. The fraction of sp³-hybridized carbons (Fsp3) is 0.150. The van der Waals surface area contributed by atoms with E-state index in [0.29, 0.717) is 21.4 Å². The van der Waals surface area contributed by atoms with Crippen LogP contribution < -0.4 is 4.72 Å². The number of benzene rings is 3. The second-order valence-corrected chi connectivity index (χ2v) is 11.1. The lowest BCUT2D eigenvalue weighted by Gasteiger charge is -2.15. The first-order valence-electron chi connectivity index (χ1n) is 8.65. The van der Waals surface area contributed by atoms with E-state index in [1.165, 1.54) is 23.1 Å². The molecule has 1 heterocycles. The molecule has 0 fully saturated rings. The lowest BCUT2D eigenvalue weighted by molar-refractivity contribution is 0.469. The first-order valence-corrected chi connectivity index (χ1v) is 11.8. The standard InChI is InChI=1S/C20H18N2O3S3/c1-12(2)28(24,25)22-16-11-18(19(23)14-8-4-3-7-13(14)16)27-20-21-15-9-5-6-10-17(15)26-20/h3-12,22-23H,1-2H3. The van der Waals surface area contributed by atoms with Crippen molar-refractivity contribution in [3.63, 3.8) is 0 Å². The van der Waals surface area contributed by atoms with Gasteiger partial charge in [-0.25, -0.2) is 13.4 Å². The van der Waals surface area contributed by atoms with Crippen LogP contribution in [0, 0.1) is 0 Å². The molecule has 0 bridgehead atoms. The number of para-hydroxylation sites is 1. The first kappa shape index (κ1) is 19.0. The summed E-state index contributed by atoms with van der Waals surface area (Å²) in [5, 5.41) is 11.5. The summed E-state index contributed by atoms with van der Waals surface area (Å²) >= 11 is 2.86. The summed E-state index contributed by atoms with van der Waals surface area (Å²) in [6.45, 7) is 3.25. The number of sulfonamides is 1. The fourth-order valence-electron chi connectivity index (χ4n) is 2.76. The second-order valence-electron chi connectivity index (χ2n) is 6.56. The molecule has 0 radical (unpaired) electrons. The number of rotatable bonds is 5. The Kier molecular flexibility index (Phi) is 4.95. The van der Waals surface area contributed by atoms with Crippen LogP contribution in [0.3, 0.4) is 0 Å². The Labute approximate surface area is 171 Å². The molecule has 0 aliphatic rings. The molecule has 0 saturated heterocycles. The molecule has 0 unspecified atom stereocenters. The third-order valence-electron chi connectivity index (χ3n) is 4.33. The van der Waals surface area contributed by atoms with E-state index in [-0.39, 0.29) is 5.75 Å². The van der Waals surface area contributed by atoms with E-state index >= 15 is 0 Å². The zero-order valence-corrected chi connectivity index (χ0v) is 17.7. The van der Waals surface area contributed by atoms with Crippen molar-refractivity contribution < 1.29 is 13.5 Å². The van der Waals surface area contributed by atoms with Crippen LogP contribution in [0.25, 0.3) is 21.0 Å². The number of phenols is 1. The van der Waals surface area contributed by atoms with Crippen molar-refractivity contribution >= 4 is 59.8 Å². The van der Waals surface area contributed by atoms with Crippen LogP contribution in [0.4, 0.5) is 5.69 Å². The van der Waals surface area contributed by atoms with E-state index in [4.69, 9.17) is 0 Å². The second kappa shape index (κ2) is 7.27. The summed E-state index contributed by atoms with van der Waals surface area (Å²) in [4.78, 5) is 5.15. The van der Waals surface area contributed by atoms with Crippen LogP contribution in [-0.4, -0.2) is 23.8 Å². The van der Waals surface area contributed by atoms with Crippen molar-refractivity contribution in [1.29, 1.82) is 0 Å². The maximum Gasteiger partial charge on any atom is 0.235 e. The topological polar surface area (TPSA) is 79.3 Å².